The molecule has 1 nitrogen and oxygen atoms in total. The van der Waals surface area contributed by atoms with Crippen LogP contribution in [0, 0.1) is 5.82 Å². The number of aromatic nitrogens is 1. The summed E-state index contributed by atoms with van der Waals surface area (Å²) >= 11 is 0. The van der Waals surface area contributed by atoms with Gasteiger partial charge in [-0.2, -0.15) is 0 Å². The van der Waals surface area contributed by atoms with Crippen LogP contribution in [0.3, 0.4) is 0 Å². The molecule has 16 heavy (non-hydrogen) atoms. The Balaban J connectivity index is 2.32. The topological polar surface area (TPSA) is 4.93 Å². The first kappa shape index (κ1) is 10.9. The summed E-state index contributed by atoms with van der Waals surface area (Å²) in [7, 11) is 2.03. The highest BCUT2D eigenvalue weighted by atomic mass is 19.1. The lowest BCUT2D eigenvalue weighted by Crippen LogP contribution is -1.95. The first-order valence-electron chi connectivity index (χ1n) is 5.57. The molecule has 1 aromatic carbocycles. The summed E-state index contributed by atoms with van der Waals surface area (Å²) in [5, 5.41) is 0.983. The van der Waals surface area contributed by atoms with Crippen molar-refractivity contribution in [3.8, 4) is 0 Å². The summed E-state index contributed by atoms with van der Waals surface area (Å²) < 4.78 is 15.2. The monoisotopic (exact) mass is 217 g/mol. The second kappa shape index (κ2) is 4.52. The van der Waals surface area contributed by atoms with Gasteiger partial charge in [-0.15, -0.1) is 6.58 Å². The highest BCUT2D eigenvalue weighted by molar-refractivity contribution is 5.81. The third-order valence-electron chi connectivity index (χ3n) is 2.95. The van der Waals surface area contributed by atoms with E-state index in [1.165, 1.54) is 11.8 Å². The summed E-state index contributed by atoms with van der Waals surface area (Å²) in [5.41, 5.74) is 2.34. The van der Waals surface area contributed by atoms with E-state index in [4.69, 9.17) is 0 Å². The Bertz CT molecular complexity index is 511. The Hall–Kier alpha value is -1.57. The molecule has 84 valence electrons. The average molecular weight is 217 g/mol. The largest absolute Gasteiger partial charge is 0.348 e. The van der Waals surface area contributed by atoms with Gasteiger partial charge in [0.1, 0.15) is 5.82 Å². The van der Waals surface area contributed by atoms with Crippen molar-refractivity contribution in [3.63, 3.8) is 0 Å². The molecule has 0 saturated heterocycles. The second-order valence-electron chi connectivity index (χ2n) is 4.08. The van der Waals surface area contributed by atoms with Crippen molar-refractivity contribution >= 4 is 10.9 Å². The molecule has 1 aromatic heterocycles. The zero-order chi connectivity index (χ0) is 11.5. The van der Waals surface area contributed by atoms with Crippen LogP contribution in [-0.4, -0.2) is 4.57 Å². The van der Waals surface area contributed by atoms with Crippen LogP contribution in [0.1, 0.15) is 18.5 Å². The van der Waals surface area contributed by atoms with Crippen molar-refractivity contribution in [2.75, 3.05) is 0 Å². The Morgan fingerprint density at radius 2 is 2.19 bits per heavy atom. The van der Waals surface area contributed by atoms with Gasteiger partial charge in [-0.1, -0.05) is 6.08 Å². The minimum absolute atomic E-state index is 0.171. The molecular weight excluding hydrogens is 201 g/mol. The number of halogens is 1. The number of fused-ring (bicyclic) bond motifs is 1. The predicted octanol–water partition coefficient (Wildman–Crippen LogP) is 3.83. The molecule has 2 heteroatoms. The van der Waals surface area contributed by atoms with E-state index in [-0.39, 0.29) is 5.82 Å². The molecule has 2 aromatic rings. The summed E-state index contributed by atoms with van der Waals surface area (Å²) in [4.78, 5) is 0. The van der Waals surface area contributed by atoms with Gasteiger partial charge in [0, 0.05) is 23.6 Å². The quantitative estimate of drug-likeness (QED) is 0.542. The van der Waals surface area contributed by atoms with Crippen LogP contribution in [0.5, 0.6) is 0 Å². The molecule has 1 heterocycles. The summed E-state index contributed by atoms with van der Waals surface area (Å²) in [5.74, 6) is -0.171. The Kier molecular flexibility index (Phi) is 3.09. The average Bonchev–Trinajstić information content (AvgIpc) is 2.56. The zero-order valence-corrected chi connectivity index (χ0v) is 9.54. The SMILES string of the molecule is C=CCCCc1cc2cc(F)ccc2n1C. The molecule has 0 saturated carbocycles. The Labute approximate surface area is 95.2 Å². The summed E-state index contributed by atoms with van der Waals surface area (Å²) in [6.07, 6.45) is 5.06. The maximum Gasteiger partial charge on any atom is 0.123 e. The normalized spacial score (nSPS) is 10.9. The number of hydrogen-bond donors (Lipinski definition) is 0. The van der Waals surface area contributed by atoms with Crippen LogP contribution in [0.15, 0.2) is 36.9 Å². The van der Waals surface area contributed by atoms with E-state index in [0.29, 0.717) is 0 Å². The molecule has 0 unspecified atom stereocenters. The van der Waals surface area contributed by atoms with Crippen LogP contribution in [0.4, 0.5) is 4.39 Å². The Morgan fingerprint density at radius 1 is 1.38 bits per heavy atom. The van der Waals surface area contributed by atoms with Crippen molar-refractivity contribution in [2.24, 2.45) is 7.05 Å². The zero-order valence-electron chi connectivity index (χ0n) is 9.54. The molecule has 0 aliphatic carbocycles. The van der Waals surface area contributed by atoms with Gasteiger partial charge < -0.3 is 4.57 Å². The number of rotatable bonds is 4. The number of aryl methyl sites for hydroxylation is 2. The van der Waals surface area contributed by atoms with Crippen molar-refractivity contribution in [2.45, 2.75) is 19.3 Å². The van der Waals surface area contributed by atoms with Gasteiger partial charge in [0.25, 0.3) is 0 Å². The highest BCUT2D eigenvalue weighted by Gasteiger charge is 2.05. The lowest BCUT2D eigenvalue weighted by atomic mass is 10.2. The van der Waals surface area contributed by atoms with Crippen molar-refractivity contribution in [1.29, 1.82) is 0 Å². The fourth-order valence-electron chi connectivity index (χ4n) is 2.04. The van der Waals surface area contributed by atoms with Gasteiger partial charge in [-0.3, -0.25) is 0 Å². The van der Waals surface area contributed by atoms with Crippen molar-refractivity contribution in [3.05, 3.63) is 48.4 Å². The van der Waals surface area contributed by atoms with Crippen LogP contribution in [0.2, 0.25) is 0 Å². The molecule has 0 aliphatic rings. The highest BCUT2D eigenvalue weighted by Crippen LogP contribution is 2.21. The maximum absolute atomic E-state index is 13.1. The van der Waals surface area contributed by atoms with E-state index >= 15 is 0 Å². The number of hydrogen-bond acceptors (Lipinski definition) is 0. The number of unbranched alkanes of at least 4 members (excludes halogenated alkanes) is 1. The molecular formula is C14H16FN. The first-order chi connectivity index (χ1) is 7.72. The van der Waals surface area contributed by atoms with E-state index in [9.17, 15) is 4.39 Å². The smallest absolute Gasteiger partial charge is 0.123 e. The van der Waals surface area contributed by atoms with E-state index in [1.807, 2.05) is 19.2 Å². The van der Waals surface area contributed by atoms with Crippen LogP contribution in [0.25, 0.3) is 10.9 Å². The van der Waals surface area contributed by atoms with E-state index < -0.39 is 0 Å². The van der Waals surface area contributed by atoms with Gasteiger partial charge in [0.15, 0.2) is 0 Å². The van der Waals surface area contributed by atoms with Crippen LogP contribution >= 0.6 is 0 Å². The minimum Gasteiger partial charge on any atom is -0.348 e. The molecule has 0 bridgehead atoms. The van der Waals surface area contributed by atoms with Gasteiger partial charge in [0.05, 0.1) is 0 Å². The van der Waals surface area contributed by atoms with E-state index in [1.54, 1.807) is 6.07 Å². The lowest BCUT2D eigenvalue weighted by molar-refractivity contribution is 0.629. The van der Waals surface area contributed by atoms with Crippen molar-refractivity contribution in [1.82, 2.24) is 4.57 Å². The van der Waals surface area contributed by atoms with Gasteiger partial charge in [-0.05, 0) is 43.5 Å². The predicted molar refractivity (Wildman–Crippen MR) is 66.0 cm³/mol. The number of benzene rings is 1. The molecule has 0 fully saturated rings. The standard InChI is InChI=1S/C14H16FN/c1-3-4-5-6-13-10-11-9-12(15)7-8-14(11)16(13)2/h3,7-10H,1,4-6H2,2H3. The molecule has 0 N–H and O–H groups in total. The molecule has 0 amide bonds. The van der Waals surface area contributed by atoms with Crippen LogP contribution in [-0.2, 0) is 13.5 Å². The Morgan fingerprint density at radius 3 is 2.94 bits per heavy atom. The number of nitrogens with zero attached hydrogens (tertiary/aromatic N) is 1. The molecule has 2 rings (SSSR count). The molecule has 0 spiro atoms. The molecule has 0 radical (unpaired) electrons. The first-order valence-corrected chi connectivity index (χ1v) is 5.57. The third-order valence-corrected chi connectivity index (χ3v) is 2.95. The molecule has 0 atom stereocenters. The minimum atomic E-state index is -0.171. The van der Waals surface area contributed by atoms with Crippen molar-refractivity contribution < 1.29 is 4.39 Å². The fraction of sp³-hybridized carbons (Fsp3) is 0.286. The fourth-order valence-corrected chi connectivity index (χ4v) is 2.04. The van der Waals surface area contributed by atoms with E-state index in [0.717, 1.165) is 30.2 Å². The van der Waals surface area contributed by atoms with Gasteiger partial charge >= 0.3 is 0 Å². The van der Waals surface area contributed by atoms with Gasteiger partial charge in [-0.25, -0.2) is 4.39 Å². The van der Waals surface area contributed by atoms with Crippen LogP contribution < -0.4 is 0 Å². The summed E-state index contributed by atoms with van der Waals surface area (Å²) in [6, 6.07) is 7.01. The lowest BCUT2D eigenvalue weighted by Gasteiger charge is -2.02. The second-order valence-corrected chi connectivity index (χ2v) is 4.08. The maximum atomic E-state index is 13.1. The van der Waals surface area contributed by atoms with Gasteiger partial charge in [0.2, 0.25) is 0 Å². The third kappa shape index (κ3) is 2.01. The summed E-state index contributed by atoms with van der Waals surface area (Å²) in [6.45, 7) is 3.71. The van der Waals surface area contributed by atoms with E-state index in [2.05, 4.69) is 17.2 Å². The number of allylic oxidation sites excluding steroid dienone is 1. The molecule has 0 aliphatic heterocycles.